The SMILES string of the molecule is COc1cc(NC(=O)N[C@H](CCSC)C(=O)O)ccc1Br. The summed E-state index contributed by atoms with van der Waals surface area (Å²) in [5, 5.41) is 14.1. The fourth-order valence-electron chi connectivity index (χ4n) is 1.56. The summed E-state index contributed by atoms with van der Waals surface area (Å²) in [6.07, 6.45) is 2.25. The first-order valence-electron chi connectivity index (χ1n) is 6.10. The Morgan fingerprint density at radius 3 is 2.76 bits per heavy atom. The van der Waals surface area contributed by atoms with E-state index < -0.39 is 18.0 Å². The molecule has 1 aromatic rings. The van der Waals surface area contributed by atoms with E-state index in [1.54, 1.807) is 18.2 Å². The number of thioether (sulfide) groups is 1. The molecule has 3 N–H and O–H groups in total. The second-order valence-electron chi connectivity index (χ2n) is 4.12. The molecule has 8 heteroatoms. The number of methoxy groups -OCH3 is 1. The number of hydrogen-bond donors (Lipinski definition) is 3. The van der Waals surface area contributed by atoms with Gasteiger partial charge in [0, 0.05) is 11.8 Å². The van der Waals surface area contributed by atoms with Crippen LogP contribution >= 0.6 is 27.7 Å². The van der Waals surface area contributed by atoms with E-state index >= 15 is 0 Å². The molecule has 21 heavy (non-hydrogen) atoms. The summed E-state index contributed by atoms with van der Waals surface area (Å²) in [4.78, 5) is 22.9. The van der Waals surface area contributed by atoms with Crippen LogP contribution in [0.25, 0.3) is 0 Å². The van der Waals surface area contributed by atoms with Gasteiger partial charge in [0.1, 0.15) is 11.8 Å². The zero-order valence-electron chi connectivity index (χ0n) is 11.7. The molecule has 0 bridgehead atoms. The largest absolute Gasteiger partial charge is 0.495 e. The lowest BCUT2D eigenvalue weighted by atomic mass is 10.2. The molecule has 0 radical (unpaired) electrons. The van der Waals surface area contributed by atoms with E-state index in [9.17, 15) is 9.59 Å². The quantitative estimate of drug-likeness (QED) is 0.680. The minimum Gasteiger partial charge on any atom is -0.495 e. The van der Waals surface area contributed by atoms with Crippen LogP contribution < -0.4 is 15.4 Å². The Morgan fingerprint density at radius 2 is 2.19 bits per heavy atom. The lowest BCUT2D eigenvalue weighted by Gasteiger charge is -2.15. The summed E-state index contributed by atoms with van der Waals surface area (Å²) < 4.78 is 5.89. The number of carboxylic acid groups (broad SMARTS) is 1. The van der Waals surface area contributed by atoms with Gasteiger partial charge in [-0.05, 0) is 46.5 Å². The van der Waals surface area contributed by atoms with Crippen molar-refractivity contribution in [2.45, 2.75) is 12.5 Å². The standard InChI is InChI=1S/C13H17BrN2O4S/c1-20-11-7-8(3-4-9(11)14)15-13(19)16-10(12(17)18)5-6-21-2/h3-4,7,10H,5-6H2,1-2H3,(H,17,18)(H2,15,16,19)/t10-/m1/s1. The first kappa shape index (κ1) is 17.6. The van der Waals surface area contributed by atoms with Crippen molar-refractivity contribution in [2.24, 2.45) is 0 Å². The maximum atomic E-state index is 11.8. The second-order valence-corrected chi connectivity index (χ2v) is 5.96. The lowest BCUT2D eigenvalue weighted by Crippen LogP contribution is -2.43. The molecule has 0 aliphatic heterocycles. The zero-order chi connectivity index (χ0) is 15.8. The first-order chi connectivity index (χ1) is 9.97. The lowest BCUT2D eigenvalue weighted by molar-refractivity contribution is -0.139. The minimum atomic E-state index is -1.05. The third kappa shape index (κ3) is 5.84. The number of hydrogen-bond acceptors (Lipinski definition) is 4. The maximum Gasteiger partial charge on any atom is 0.326 e. The smallest absolute Gasteiger partial charge is 0.326 e. The number of carboxylic acids is 1. The number of amides is 2. The Hall–Kier alpha value is -1.41. The summed E-state index contributed by atoms with van der Waals surface area (Å²) in [6.45, 7) is 0. The maximum absolute atomic E-state index is 11.8. The Labute approximate surface area is 135 Å². The number of benzene rings is 1. The van der Waals surface area contributed by atoms with E-state index in [4.69, 9.17) is 9.84 Å². The van der Waals surface area contributed by atoms with Gasteiger partial charge in [0.15, 0.2) is 0 Å². The molecule has 0 saturated carbocycles. The fraction of sp³-hybridized carbons (Fsp3) is 0.385. The van der Waals surface area contributed by atoms with Gasteiger partial charge in [-0.25, -0.2) is 9.59 Å². The molecule has 0 fully saturated rings. The van der Waals surface area contributed by atoms with Crippen LogP contribution in [0.5, 0.6) is 5.75 Å². The predicted molar refractivity (Wildman–Crippen MR) is 87.3 cm³/mol. The van der Waals surface area contributed by atoms with E-state index in [0.717, 1.165) is 4.47 Å². The van der Waals surface area contributed by atoms with E-state index in [1.807, 2.05) is 6.26 Å². The van der Waals surface area contributed by atoms with Gasteiger partial charge in [-0.2, -0.15) is 11.8 Å². The van der Waals surface area contributed by atoms with E-state index in [0.29, 0.717) is 23.6 Å². The average molecular weight is 377 g/mol. The molecule has 0 aromatic heterocycles. The molecule has 0 heterocycles. The Balaban J connectivity index is 2.65. The summed E-state index contributed by atoms with van der Waals surface area (Å²) >= 11 is 4.84. The number of aliphatic carboxylic acids is 1. The molecule has 116 valence electrons. The molecule has 0 unspecified atom stereocenters. The van der Waals surface area contributed by atoms with Gasteiger partial charge in [-0.3, -0.25) is 0 Å². The predicted octanol–water partition coefficient (Wildman–Crippen LogP) is 2.79. The van der Waals surface area contributed by atoms with Crippen LogP contribution in [0.2, 0.25) is 0 Å². The van der Waals surface area contributed by atoms with Crippen LogP contribution in [-0.2, 0) is 4.79 Å². The van der Waals surface area contributed by atoms with Crippen molar-refractivity contribution in [1.82, 2.24) is 5.32 Å². The molecule has 0 aliphatic carbocycles. The molecule has 1 rings (SSSR count). The second kappa shape index (κ2) is 8.78. The van der Waals surface area contributed by atoms with E-state index in [2.05, 4.69) is 26.6 Å². The van der Waals surface area contributed by atoms with E-state index in [1.165, 1.54) is 18.9 Å². The molecule has 1 aromatic carbocycles. The van der Waals surface area contributed by atoms with Crippen molar-refractivity contribution in [3.63, 3.8) is 0 Å². The number of rotatable bonds is 7. The number of carbonyl (C=O) groups excluding carboxylic acids is 1. The molecule has 0 spiro atoms. The van der Waals surface area contributed by atoms with Crippen LogP contribution in [0.15, 0.2) is 22.7 Å². The summed E-state index contributed by atoms with van der Waals surface area (Å²) in [6, 6.07) is 3.59. The average Bonchev–Trinajstić information content (AvgIpc) is 2.45. The van der Waals surface area contributed by atoms with Crippen molar-refractivity contribution >= 4 is 45.4 Å². The molecular weight excluding hydrogens is 360 g/mol. The topological polar surface area (TPSA) is 87.7 Å². The molecule has 0 aliphatic rings. The Bertz CT molecular complexity index is 513. The van der Waals surface area contributed by atoms with E-state index in [-0.39, 0.29) is 0 Å². The van der Waals surface area contributed by atoms with Crippen molar-refractivity contribution in [1.29, 1.82) is 0 Å². The van der Waals surface area contributed by atoms with Gasteiger partial charge in [0.25, 0.3) is 0 Å². The molecule has 0 saturated heterocycles. The Kier molecular flexibility index (Phi) is 7.38. The first-order valence-corrected chi connectivity index (χ1v) is 8.29. The summed E-state index contributed by atoms with van der Waals surface area (Å²) in [5.41, 5.74) is 0.515. The summed E-state index contributed by atoms with van der Waals surface area (Å²) in [7, 11) is 1.52. The van der Waals surface area contributed by atoms with Crippen LogP contribution in [0, 0.1) is 0 Å². The van der Waals surface area contributed by atoms with Gasteiger partial charge in [0.05, 0.1) is 11.6 Å². The molecular formula is C13H17BrN2O4S. The third-order valence-corrected chi connectivity index (χ3v) is 3.92. The van der Waals surface area contributed by atoms with Crippen LogP contribution in [-0.4, -0.2) is 42.3 Å². The van der Waals surface area contributed by atoms with Gasteiger partial charge in [-0.1, -0.05) is 0 Å². The van der Waals surface area contributed by atoms with Crippen molar-refractivity contribution in [3.8, 4) is 5.75 Å². The monoisotopic (exact) mass is 376 g/mol. The molecule has 6 nitrogen and oxygen atoms in total. The summed E-state index contributed by atoms with van der Waals surface area (Å²) in [5.74, 6) is 0.182. The van der Waals surface area contributed by atoms with Crippen LogP contribution in [0.1, 0.15) is 6.42 Å². The molecule has 1 atom stereocenters. The van der Waals surface area contributed by atoms with Gasteiger partial charge in [0.2, 0.25) is 0 Å². The normalized spacial score (nSPS) is 11.6. The zero-order valence-corrected chi connectivity index (χ0v) is 14.1. The highest BCUT2D eigenvalue weighted by Gasteiger charge is 2.19. The number of halogens is 1. The Morgan fingerprint density at radius 1 is 1.48 bits per heavy atom. The highest BCUT2D eigenvalue weighted by Crippen LogP contribution is 2.27. The van der Waals surface area contributed by atoms with Crippen molar-refractivity contribution < 1.29 is 19.4 Å². The highest BCUT2D eigenvalue weighted by atomic mass is 79.9. The van der Waals surface area contributed by atoms with Crippen molar-refractivity contribution in [3.05, 3.63) is 22.7 Å². The number of urea groups is 1. The number of carbonyl (C=O) groups is 2. The van der Waals surface area contributed by atoms with Gasteiger partial charge in [-0.15, -0.1) is 0 Å². The number of ether oxygens (including phenoxy) is 1. The minimum absolute atomic E-state index is 0.369. The van der Waals surface area contributed by atoms with Crippen LogP contribution in [0.3, 0.4) is 0 Å². The number of nitrogens with one attached hydrogen (secondary N) is 2. The van der Waals surface area contributed by atoms with Crippen LogP contribution in [0.4, 0.5) is 10.5 Å². The highest BCUT2D eigenvalue weighted by molar-refractivity contribution is 9.10. The van der Waals surface area contributed by atoms with Crippen molar-refractivity contribution in [2.75, 3.05) is 24.4 Å². The van der Waals surface area contributed by atoms with Gasteiger partial charge < -0.3 is 20.5 Å². The third-order valence-electron chi connectivity index (χ3n) is 2.62. The molecule has 2 amide bonds. The van der Waals surface area contributed by atoms with Gasteiger partial charge >= 0.3 is 12.0 Å². The number of anilines is 1. The fourth-order valence-corrected chi connectivity index (χ4v) is 2.44.